The van der Waals surface area contributed by atoms with Gasteiger partial charge in [0.25, 0.3) is 0 Å². The largest absolute Gasteiger partial charge is 0.315 e. The van der Waals surface area contributed by atoms with Crippen molar-refractivity contribution in [2.75, 3.05) is 0 Å². The Labute approximate surface area is 122 Å². The summed E-state index contributed by atoms with van der Waals surface area (Å²) in [6.45, 7) is 1.62. The quantitative estimate of drug-likeness (QED) is 0.937. The van der Waals surface area contributed by atoms with Gasteiger partial charge in [0, 0.05) is 17.0 Å². The first-order chi connectivity index (χ1) is 9.43. The lowest BCUT2D eigenvalue weighted by molar-refractivity contribution is -0.123. The highest BCUT2D eigenvalue weighted by atomic mass is 35.5. The van der Waals surface area contributed by atoms with Gasteiger partial charge in [-0.05, 0) is 24.6 Å². The van der Waals surface area contributed by atoms with Crippen molar-refractivity contribution in [3.63, 3.8) is 0 Å². The van der Waals surface area contributed by atoms with E-state index in [0.717, 1.165) is 0 Å². The van der Waals surface area contributed by atoms with Crippen LogP contribution in [0.3, 0.4) is 0 Å². The van der Waals surface area contributed by atoms with Gasteiger partial charge in [-0.1, -0.05) is 48.0 Å². The number of rotatable bonds is 4. The number of hydrogen-bond acceptors (Lipinski definition) is 2. The van der Waals surface area contributed by atoms with Crippen LogP contribution in [-0.4, -0.2) is 5.78 Å². The molecule has 0 amide bonds. The maximum Gasteiger partial charge on any atom is 0.161 e. The molecule has 2 nitrogen and oxygen atoms in total. The number of Topliss-reactive ketones (excluding diaryl/α,β-unsaturated/α-hetero) is 1. The van der Waals surface area contributed by atoms with Crippen LogP contribution in [0.2, 0.25) is 5.02 Å². The Morgan fingerprint density at radius 1 is 1.20 bits per heavy atom. The molecule has 104 valence electrons. The van der Waals surface area contributed by atoms with Crippen molar-refractivity contribution in [3.05, 3.63) is 70.5 Å². The summed E-state index contributed by atoms with van der Waals surface area (Å²) in [4.78, 5) is 12.4. The van der Waals surface area contributed by atoms with Gasteiger partial charge in [0.2, 0.25) is 0 Å². The average molecular weight is 292 g/mol. The molecule has 0 aliphatic rings. The zero-order chi connectivity index (χ0) is 14.8. The van der Waals surface area contributed by atoms with Crippen LogP contribution < -0.4 is 5.73 Å². The third-order valence-corrected chi connectivity index (χ3v) is 3.71. The monoisotopic (exact) mass is 291 g/mol. The van der Waals surface area contributed by atoms with Crippen LogP contribution in [0.5, 0.6) is 0 Å². The van der Waals surface area contributed by atoms with Crippen molar-refractivity contribution < 1.29 is 9.18 Å². The van der Waals surface area contributed by atoms with Crippen LogP contribution in [0, 0.1) is 5.82 Å². The van der Waals surface area contributed by atoms with E-state index >= 15 is 0 Å². The summed E-state index contributed by atoms with van der Waals surface area (Å²) in [6, 6.07) is 13.4. The summed E-state index contributed by atoms with van der Waals surface area (Å²) >= 11 is 5.94. The van der Waals surface area contributed by atoms with Crippen molar-refractivity contribution in [1.29, 1.82) is 0 Å². The summed E-state index contributed by atoms with van der Waals surface area (Å²) < 4.78 is 13.7. The zero-order valence-corrected chi connectivity index (χ0v) is 11.8. The zero-order valence-electron chi connectivity index (χ0n) is 11.1. The highest BCUT2D eigenvalue weighted by Crippen LogP contribution is 2.25. The first kappa shape index (κ1) is 14.7. The molecule has 0 radical (unpaired) electrons. The lowest BCUT2D eigenvalue weighted by atomic mass is 9.86. The highest BCUT2D eigenvalue weighted by Gasteiger charge is 2.31. The number of carbonyl (C=O) groups excluding carboxylic acids is 1. The second-order valence-electron chi connectivity index (χ2n) is 4.87. The van der Waals surface area contributed by atoms with Crippen LogP contribution in [0.15, 0.2) is 48.5 Å². The summed E-state index contributed by atoms with van der Waals surface area (Å²) in [7, 11) is 0. The SMILES string of the molecule is CC(N)(C(=O)Cc1c(F)cccc1Cl)c1ccccc1. The van der Waals surface area contributed by atoms with Gasteiger partial charge in [-0.3, -0.25) is 4.79 Å². The third kappa shape index (κ3) is 2.89. The first-order valence-electron chi connectivity index (χ1n) is 6.23. The Hall–Kier alpha value is -1.71. The van der Waals surface area contributed by atoms with Gasteiger partial charge < -0.3 is 5.73 Å². The molecule has 0 bridgehead atoms. The molecular weight excluding hydrogens is 277 g/mol. The fourth-order valence-corrected chi connectivity index (χ4v) is 2.22. The molecule has 0 aliphatic heterocycles. The van der Waals surface area contributed by atoms with Gasteiger partial charge in [-0.15, -0.1) is 0 Å². The summed E-state index contributed by atoms with van der Waals surface area (Å²) in [5, 5.41) is 0.238. The molecule has 2 rings (SSSR count). The smallest absolute Gasteiger partial charge is 0.161 e. The highest BCUT2D eigenvalue weighted by molar-refractivity contribution is 6.31. The van der Waals surface area contributed by atoms with Crippen molar-refractivity contribution in [2.24, 2.45) is 5.73 Å². The molecule has 1 atom stereocenters. The standard InChI is InChI=1S/C16H15ClFNO/c1-16(19,11-6-3-2-4-7-11)15(20)10-12-13(17)8-5-9-14(12)18/h2-9H,10,19H2,1H3. The van der Waals surface area contributed by atoms with Gasteiger partial charge >= 0.3 is 0 Å². The Bertz CT molecular complexity index is 605. The normalized spacial score (nSPS) is 13.8. The van der Waals surface area contributed by atoms with Crippen molar-refractivity contribution in [2.45, 2.75) is 18.9 Å². The molecule has 0 saturated carbocycles. The van der Waals surface area contributed by atoms with Gasteiger partial charge in [-0.2, -0.15) is 0 Å². The van der Waals surface area contributed by atoms with Crippen LogP contribution >= 0.6 is 11.6 Å². The molecule has 2 aromatic rings. The van der Waals surface area contributed by atoms with Crippen LogP contribution in [-0.2, 0) is 16.8 Å². The molecule has 4 heteroatoms. The Kier molecular flexibility index (Phi) is 4.21. The fraction of sp³-hybridized carbons (Fsp3) is 0.188. The molecule has 0 aromatic heterocycles. The molecule has 1 unspecified atom stereocenters. The summed E-state index contributed by atoms with van der Waals surface area (Å²) in [5.41, 5.74) is 5.82. The molecule has 0 spiro atoms. The summed E-state index contributed by atoms with van der Waals surface area (Å²) in [6.07, 6.45) is -0.132. The van der Waals surface area contributed by atoms with E-state index in [0.29, 0.717) is 5.56 Å². The third-order valence-electron chi connectivity index (χ3n) is 3.35. The average Bonchev–Trinajstić information content (AvgIpc) is 2.43. The van der Waals surface area contributed by atoms with E-state index in [2.05, 4.69) is 0 Å². The van der Waals surface area contributed by atoms with Gasteiger partial charge in [0.05, 0.1) is 5.54 Å². The number of nitrogens with two attached hydrogens (primary N) is 1. The Morgan fingerprint density at radius 2 is 1.85 bits per heavy atom. The molecule has 2 aromatic carbocycles. The second-order valence-corrected chi connectivity index (χ2v) is 5.28. The van der Waals surface area contributed by atoms with Crippen LogP contribution in [0.4, 0.5) is 4.39 Å². The fourth-order valence-electron chi connectivity index (χ4n) is 1.99. The van der Waals surface area contributed by atoms with Crippen molar-refractivity contribution in [3.8, 4) is 0 Å². The second kappa shape index (κ2) is 5.73. The van der Waals surface area contributed by atoms with E-state index in [4.69, 9.17) is 17.3 Å². The Balaban J connectivity index is 2.28. The number of carbonyl (C=O) groups is 1. The van der Waals surface area contributed by atoms with E-state index in [1.54, 1.807) is 25.1 Å². The Morgan fingerprint density at radius 3 is 2.45 bits per heavy atom. The molecule has 0 fully saturated rings. The minimum atomic E-state index is -1.17. The summed E-state index contributed by atoms with van der Waals surface area (Å²) in [5.74, 6) is -0.773. The number of halogens is 2. The van der Waals surface area contributed by atoms with Gasteiger partial charge in [-0.25, -0.2) is 4.39 Å². The molecule has 0 aliphatic carbocycles. The van der Waals surface area contributed by atoms with E-state index in [9.17, 15) is 9.18 Å². The minimum absolute atomic E-state index is 0.132. The molecule has 20 heavy (non-hydrogen) atoms. The predicted molar refractivity (Wildman–Crippen MR) is 78.1 cm³/mol. The predicted octanol–water partition coefficient (Wildman–Crippen LogP) is 3.46. The van der Waals surface area contributed by atoms with E-state index in [-0.39, 0.29) is 22.8 Å². The maximum absolute atomic E-state index is 13.7. The minimum Gasteiger partial charge on any atom is -0.315 e. The van der Waals surface area contributed by atoms with E-state index in [1.807, 2.05) is 18.2 Å². The number of ketones is 1. The molecule has 0 saturated heterocycles. The number of hydrogen-bond donors (Lipinski definition) is 1. The lowest BCUT2D eigenvalue weighted by Gasteiger charge is -2.24. The lowest BCUT2D eigenvalue weighted by Crippen LogP contribution is -2.42. The van der Waals surface area contributed by atoms with Crippen molar-refractivity contribution >= 4 is 17.4 Å². The van der Waals surface area contributed by atoms with Crippen LogP contribution in [0.25, 0.3) is 0 Å². The van der Waals surface area contributed by atoms with Gasteiger partial charge in [0.1, 0.15) is 5.82 Å². The topological polar surface area (TPSA) is 43.1 Å². The van der Waals surface area contributed by atoms with E-state index < -0.39 is 11.4 Å². The van der Waals surface area contributed by atoms with E-state index in [1.165, 1.54) is 12.1 Å². The number of benzene rings is 2. The van der Waals surface area contributed by atoms with Crippen molar-refractivity contribution in [1.82, 2.24) is 0 Å². The maximum atomic E-state index is 13.7. The van der Waals surface area contributed by atoms with Crippen LogP contribution in [0.1, 0.15) is 18.1 Å². The molecular formula is C16H15ClFNO. The van der Waals surface area contributed by atoms with Gasteiger partial charge in [0.15, 0.2) is 5.78 Å². The molecule has 0 heterocycles. The molecule has 2 N–H and O–H groups in total. The first-order valence-corrected chi connectivity index (χ1v) is 6.61.